The summed E-state index contributed by atoms with van der Waals surface area (Å²) in [7, 11) is 1.58. The minimum absolute atomic E-state index is 0.119. The quantitative estimate of drug-likeness (QED) is 0.558. The van der Waals surface area contributed by atoms with Crippen LogP contribution >= 0.6 is 0 Å². The number of nitrogens with one attached hydrogen (secondary N) is 3. The second-order valence-electron chi connectivity index (χ2n) is 6.03. The van der Waals surface area contributed by atoms with Crippen LogP contribution in [0.4, 0.5) is 21.9 Å². The molecule has 0 bridgehead atoms. The van der Waals surface area contributed by atoms with Crippen LogP contribution in [0.15, 0.2) is 78.9 Å². The van der Waals surface area contributed by atoms with E-state index >= 15 is 0 Å². The number of urea groups is 1. The number of hydrogen-bond acceptors (Lipinski definition) is 4. The number of carbonyl (C=O) groups is 2. The molecule has 0 unspecified atom stereocenters. The maximum Gasteiger partial charge on any atom is 0.323 e. The van der Waals surface area contributed by atoms with Gasteiger partial charge in [-0.15, -0.1) is 0 Å². The minimum Gasteiger partial charge on any atom is -0.497 e. The van der Waals surface area contributed by atoms with E-state index in [9.17, 15) is 9.59 Å². The normalized spacial score (nSPS) is 9.97. The fourth-order valence-corrected chi connectivity index (χ4v) is 2.47. The van der Waals surface area contributed by atoms with E-state index in [1.165, 1.54) is 0 Å². The first kappa shape index (κ1) is 19.8. The largest absolute Gasteiger partial charge is 0.497 e. The third-order valence-corrected chi connectivity index (χ3v) is 3.89. The van der Waals surface area contributed by atoms with Crippen LogP contribution in [0.5, 0.6) is 11.5 Å². The lowest BCUT2D eigenvalue weighted by molar-refractivity contribution is -0.118. The van der Waals surface area contributed by atoms with Gasteiger partial charge < -0.3 is 25.4 Å². The molecule has 0 spiro atoms. The Morgan fingerprint density at radius 1 is 0.690 bits per heavy atom. The standard InChI is InChI=1S/C22H21N3O4/c1-28-19-11-13-20(14-12-19)29-15-21(26)23-17-7-9-18(10-8-17)25-22(27)24-16-5-3-2-4-6-16/h2-14H,15H2,1H3,(H,23,26)(H2,24,25,27). The summed E-state index contributed by atoms with van der Waals surface area (Å²) in [6.45, 7) is -0.119. The van der Waals surface area contributed by atoms with Crippen molar-refractivity contribution in [2.75, 3.05) is 29.7 Å². The van der Waals surface area contributed by atoms with Gasteiger partial charge in [0.05, 0.1) is 7.11 Å². The molecule has 148 valence electrons. The zero-order valence-electron chi connectivity index (χ0n) is 15.8. The predicted octanol–water partition coefficient (Wildman–Crippen LogP) is 4.36. The van der Waals surface area contributed by atoms with Crippen LogP contribution < -0.4 is 25.4 Å². The number of benzene rings is 3. The molecule has 7 heteroatoms. The molecule has 0 aromatic heterocycles. The maximum atomic E-state index is 12.0. The SMILES string of the molecule is COc1ccc(OCC(=O)Nc2ccc(NC(=O)Nc3ccccc3)cc2)cc1. The van der Waals surface area contributed by atoms with Gasteiger partial charge in [-0.05, 0) is 60.7 Å². The Labute approximate surface area is 168 Å². The molecular formula is C22H21N3O4. The van der Waals surface area contributed by atoms with Crippen molar-refractivity contribution in [1.29, 1.82) is 0 Å². The van der Waals surface area contributed by atoms with Crippen molar-refractivity contribution < 1.29 is 19.1 Å². The third-order valence-electron chi connectivity index (χ3n) is 3.89. The number of para-hydroxylation sites is 1. The minimum atomic E-state index is -0.346. The van der Waals surface area contributed by atoms with Crippen molar-refractivity contribution in [1.82, 2.24) is 0 Å². The molecule has 0 saturated heterocycles. The van der Waals surface area contributed by atoms with E-state index in [1.54, 1.807) is 67.8 Å². The molecule has 7 nitrogen and oxygen atoms in total. The van der Waals surface area contributed by atoms with Crippen LogP contribution in [0.25, 0.3) is 0 Å². The number of amides is 3. The average Bonchev–Trinajstić information content (AvgIpc) is 2.75. The van der Waals surface area contributed by atoms with Gasteiger partial charge in [-0.1, -0.05) is 18.2 Å². The van der Waals surface area contributed by atoms with Gasteiger partial charge in [-0.3, -0.25) is 4.79 Å². The Hall–Kier alpha value is -4.00. The summed E-state index contributed by atoms with van der Waals surface area (Å²) in [5.74, 6) is 1.00. The number of rotatable bonds is 7. The molecule has 0 aliphatic heterocycles. The third kappa shape index (κ3) is 6.28. The molecule has 0 aliphatic carbocycles. The lowest BCUT2D eigenvalue weighted by atomic mass is 10.2. The van der Waals surface area contributed by atoms with Gasteiger partial charge in [0.15, 0.2) is 6.61 Å². The first-order chi connectivity index (χ1) is 14.1. The van der Waals surface area contributed by atoms with Crippen LogP contribution in [0, 0.1) is 0 Å². The lowest BCUT2D eigenvalue weighted by Crippen LogP contribution is -2.20. The summed E-state index contributed by atoms with van der Waals surface area (Å²) >= 11 is 0. The van der Waals surface area contributed by atoms with E-state index in [1.807, 2.05) is 18.2 Å². The van der Waals surface area contributed by atoms with Gasteiger partial charge in [0.1, 0.15) is 11.5 Å². The Morgan fingerprint density at radius 3 is 1.79 bits per heavy atom. The summed E-state index contributed by atoms with van der Waals surface area (Å²) in [6, 6.07) is 22.6. The van der Waals surface area contributed by atoms with E-state index in [0.29, 0.717) is 28.6 Å². The van der Waals surface area contributed by atoms with E-state index < -0.39 is 0 Å². The van der Waals surface area contributed by atoms with Crippen molar-refractivity contribution in [3.63, 3.8) is 0 Å². The predicted molar refractivity (Wildman–Crippen MR) is 113 cm³/mol. The van der Waals surface area contributed by atoms with Gasteiger partial charge in [-0.25, -0.2) is 4.79 Å². The molecule has 3 aromatic carbocycles. The van der Waals surface area contributed by atoms with Gasteiger partial charge in [-0.2, -0.15) is 0 Å². The van der Waals surface area contributed by atoms with E-state index in [-0.39, 0.29) is 18.5 Å². The zero-order valence-corrected chi connectivity index (χ0v) is 15.8. The lowest BCUT2D eigenvalue weighted by Gasteiger charge is -2.10. The highest BCUT2D eigenvalue weighted by Gasteiger charge is 2.06. The van der Waals surface area contributed by atoms with Crippen molar-refractivity contribution in [2.45, 2.75) is 0 Å². The summed E-state index contributed by atoms with van der Waals surface area (Å²) in [5, 5.41) is 8.20. The summed E-state index contributed by atoms with van der Waals surface area (Å²) in [4.78, 5) is 24.0. The molecule has 0 saturated carbocycles. The Balaban J connectivity index is 1.45. The average molecular weight is 391 g/mol. The molecule has 3 rings (SSSR count). The highest BCUT2D eigenvalue weighted by atomic mass is 16.5. The monoisotopic (exact) mass is 391 g/mol. The molecule has 0 fully saturated rings. The van der Waals surface area contributed by atoms with E-state index in [2.05, 4.69) is 16.0 Å². The second-order valence-corrected chi connectivity index (χ2v) is 6.03. The zero-order chi connectivity index (χ0) is 20.5. The van der Waals surface area contributed by atoms with Crippen LogP contribution in [0.1, 0.15) is 0 Å². The van der Waals surface area contributed by atoms with Crippen LogP contribution in [-0.4, -0.2) is 25.7 Å². The van der Waals surface area contributed by atoms with Crippen LogP contribution in [-0.2, 0) is 4.79 Å². The number of methoxy groups -OCH3 is 1. The highest BCUT2D eigenvalue weighted by molar-refractivity contribution is 6.00. The van der Waals surface area contributed by atoms with Crippen LogP contribution in [0.2, 0.25) is 0 Å². The van der Waals surface area contributed by atoms with Crippen molar-refractivity contribution in [3.05, 3.63) is 78.9 Å². The fourth-order valence-electron chi connectivity index (χ4n) is 2.47. The topological polar surface area (TPSA) is 88.7 Å². The van der Waals surface area contributed by atoms with Crippen molar-refractivity contribution in [2.24, 2.45) is 0 Å². The number of carbonyl (C=O) groups excluding carboxylic acids is 2. The summed E-state index contributed by atoms with van der Waals surface area (Å²) < 4.78 is 10.5. The molecule has 0 atom stereocenters. The smallest absolute Gasteiger partial charge is 0.323 e. The van der Waals surface area contributed by atoms with Gasteiger partial charge in [0, 0.05) is 17.1 Å². The molecule has 3 amide bonds. The Bertz CT molecular complexity index is 942. The molecule has 3 N–H and O–H groups in total. The highest BCUT2D eigenvalue weighted by Crippen LogP contribution is 2.17. The number of anilines is 3. The summed E-state index contributed by atoms with van der Waals surface area (Å²) in [6.07, 6.45) is 0. The molecule has 29 heavy (non-hydrogen) atoms. The van der Waals surface area contributed by atoms with Gasteiger partial charge in [0.2, 0.25) is 0 Å². The first-order valence-electron chi connectivity index (χ1n) is 8.92. The Kier molecular flexibility index (Phi) is 6.67. The van der Waals surface area contributed by atoms with E-state index in [0.717, 1.165) is 0 Å². The fraction of sp³-hybridized carbons (Fsp3) is 0.0909. The van der Waals surface area contributed by atoms with E-state index in [4.69, 9.17) is 9.47 Å². The molecule has 0 aliphatic rings. The van der Waals surface area contributed by atoms with Crippen molar-refractivity contribution >= 4 is 29.0 Å². The molecule has 3 aromatic rings. The molecule has 0 radical (unpaired) electrons. The molecular weight excluding hydrogens is 370 g/mol. The van der Waals surface area contributed by atoms with Gasteiger partial charge >= 0.3 is 6.03 Å². The second kappa shape index (κ2) is 9.80. The number of ether oxygens (including phenoxy) is 2. The van der Waals surface area contributed by atoms with Crippen molar-refractivity contribution in [3.8, 4) is 11.5 Å². The summed E-state index contributed by atoms with van der Waals surface area (Å²) in [5.41, 5.74) is 1.90. The number of hydrogen-bond donors (Lipinski definition) is 3. The van der Waals surface area contributed by atoms with Crippen LogP contribution in [0.3, 0.4) is 0 Å². The van der Waals surface area contributed by atoms with Gasteiger partial charge in [0.25, 0.3) is 5.91 Å². The Morgan fingerprint density at radius 2 is 1.21 bits per heavy atom. The first-order valence-corrected chi connectivity index (χ1v) is 8.92. The maximum absolute atomic E-state index is 12.0. The molecule has 0 heterocycles.